The standard InChI is InChI=1S/C28H20N.C6H7.2ClH.Zr/c1-19-15-22-17-23(29-14-13-21-8-3-5-12-28(21)29)18-27(26(22)16-19)25-11-6-9-20-7-2-4-10-24(20)25;1-6-4-2-3-5-6;;;/h2-18H,1H3;2,4H,3H2,1H3;2*1H;/q2*-1;;;+4/p-2. The van der Waals surface area contributed by atoms with Crippen molar-refractivity contribution in [2.45, 2.75) is 20.3 Å². The van der Waals surface area contributed by atoms with Crippen LogP contribution < -0.4 is 24.8 Å². The Kier molecular flexibility index (Phi) is 10.1. The van der Waals surface area contributed by atoms with Gasteiger partial charge < -0.3 is 29.4 Å². The summed E-state index contributed by atoms with van der Waals surface area (Å²) in [4.78, 5) is 0. The van der Waals surface area contributed by atoms with Crippen LogP contribution in [0.2, 0.25) is 0 Å². The fraction of sp³-hybridized carbons (Fsp3) is 0.0882. The zero-order valence-electron chi connectivity index (χ0n) is 21.4. The molecule has 38 heavy (non-hydrogen) atoms. The van der Waals surface area contributed by atoms with Crippen LogP contribution >= 0.6 is 0 Å². The molecule has 0 saturated heterocycles. The van der Waals surface area contributed by atoms with Crippen molar-refractivity contribution in [3.8, 4) is 16.8 Å². The largest absolute Gasteiger partial charge is 4.00 e. The molecule has 0 saturated carbocycles. The van der Waals surface area contributed by atoms with Gasteiger partial charge in [-0.2, -0.15) is 12.1 Å². The second-order valence-corrected chi connectivity index (χ2v) is 9.27. The van der Waals surface area contributed by atoms with Crippen LogP contribution in [0.5, 0.6) is 0 Å². The van der Waals surface area contributed by atoms with Gasteiger partial charge in [0.2, 0.25) is 0 Å². The molecule has 1 nitrogen and oxygen atoms in total. The molecule has 1 aromatic heterocycles. The summed E-state index contributed by atoms with van der Waals surface area (Å²) >= 11 is 0. The summed E-state index contributed by atoms with van der Waals surface area (Å²) in [6, 6.07) is 35.3. The van der Waals surface area contributed by atoms with Crippen LogP contribution in [0.25, 0.3) is 49.3 Å². The zero-order chi connectivity index (χ0) is 23.8. The maximum Gasteiger partial charge on any atom is 4.00 e. The van der Waals surface area contributed by atoms with Gasteiger partial charge in [-0.3, -0.25) is 6.08 Å². The minimum atomic E-state index is 0. The van der Waals surface area contributed by atoms with Gasteiger partial charge in [0.1, 0.15) is 0 Å². The van der Waals surface area contributed by atoms with Crippen molar-refractivity contribution in [2.24, 2.45) is 0 Å². The Hall–Kier alpha value is -2.77. The molecule has 4 heteroatoms. The van der Waals surface area contributed by atoms with E-state index in [1.165, 1.54) is 60.4 Å². The normalized spacial score (nSPS) is 11.8. The van der Waals surface area contributed by atoms with Crippen LogP contribution in [0.15, 0.2) is 121 Å². The summed E-state index contributed by atoms with van der Waals surface area (Å²) in [6.07, 6.45) is 10.5. The Morgan fingerprint density at radius 2 is 1.47 bits per heavy atom. The molecule has 0 radical (unpaired) electrons. The molecule has 6 aromatic rings. The van der Waals surface area contributed by atoms with Gasteiger partial charge in [-0.1, -0.05) is 80.1 Å². The number of para-hydroxylation sites is 1. The van der Waals surface area contributed by atoms with Crippen LogP contribution in [-0.2, 0) is 26.2 Å². The molecular formula is C34H27Cl2NZr. The van der Waals surface area contributed by atoms with Crippen molar-refractivity contribution in [3.05, 3.63) is 133 Å². The number of hydrogen-bond acceptors (Lipinski definition) is 0. The van der Waals surface area contributed by atoms with Gasteiger partial charge in [0, 0.05) is 11.9 Å². The molecule has 1 heterocycles. The summed E-state index contributed by atoms with van der Waals surface area (Å²) in [6.45, 7) is 4.24. The molecule has 0 atom stereocenters. The molecule has 7 rings (SSSR count). The minimum Gasteiger partial charge on any atom is -1.00 e. The van der Waals surface area contributed by atoms with Gasteiger partial charge in [0.05, 0.1) is 5.52 Å². The van der Waals surface area contributed by atoms with E-state index < -0.39 is 0 Å². The van der Waals surface area contributed by atoms with Gasteiger partial charge >= 0.3 is 26.2 Å². The van der Waals surface area contributed by atoms with E-state index in [0.717, 1.165) is 6.42 Å². The van der Waals surface area contributed by atoms with Crippen LogP contribution in [-0.4, -0.2) is 4.57 Å². The van der Waals surface area contributed by atoms with Gasteiger partial charge in [-0.25, -0.2) is 11.6 Å². The average Bonchev–Trinajstić information content (AvgIpc) is 3.62. The quantitative estimate of drug-likeness (QED) is 0.265. The summed E-state index contributed by atoms with van der Waals surface area (Å²) in [7, 11) is 0. The third-order valence-electron chi connectivity index (χ3n) is 6.78. The van der Waals surface area contributed by atoms with Crippen LogP contribution in [0, 0.1) is 13.0 Å². The Balaban J connectivity index is 0.000000397. The third-order valence-corrected chi connectivity index (χ3v) is 6.78. The first-order valence-electron chi connectivity index (χ1n) is 12.2. The molecule has 0 fully saturated rings. The Morgan fingerprint density at radius 1 is 0.737 bits per heavy atom. The fourth-order valence-corrected chi connectivity index (χ4v) is 5.10. The second kappa shape index (κ2) is 12.9. The molecule has 0 spiro atoms. The van der Waals surface area contributed by atoms with E-state index in [2.05, 4.69) is 140 Å². The summed E-state index contributed by atoms with van der Waals surface area (Å²) in [5.41, 5.74) is 7.59. The van der Waals surface area contributed by atoms with Crippen molar-refractivity contribution < 1.29 is 51.0 Å². The summed E-state index contributed by atoms with van der Waals surface area (Å²) in [5.74, 6) is 0. The maximum absolute atomic E-state index is 3.12. The predicted molar refractivity (Wildman–Crippen MR) is 150 cm³/mol. The summed E-state index contributed by atoms with van der Waals surface area (Å²) in [5, 5.41) is 6.45. The van der Waals surface area contributed by atoms with E-state index in [4.69, 9.17) is 0 Å². The van der Waals surface area contributed by atoms with Crippen LogP contribution in [0.4, 0.5) is 0 Å². The number of fused-ring (bicyclic) bond motifs is 3. The molecule has 5 aromatic carbocycles. The van der Waals surface area contributed by atoms with Gasteiger partial charge in [-0.05, 0) is 39.9 Å². The second-order valence-electron chi connectivity index (χ2n) is 9.27. The fourth-order valence-electron chi connectivity index (χ4n) is 5.10. The first-order valence-corrected chi connectivity index (χ1v) is 12.2. The van der Waals surface area contributed by atoms with Crippen molar-refractivity contribution in [1.29, 1.82) is 0 Å². The van der Waals surface area contributed by atoms with Crippen molar-refractivity contribution in [3.63, 3.8) is 0 Å². The van der Waals surface area contributed by atoms with Gasteiger partial charge in [0.15, 0.2) is 0 Å². The molecule has 0 unspecified atom stereocenters. The van der Waals surface area contributed by atoms with E-state index in [1.54, 1.807) is 0 Å². The van der Waals surface area contributed by atoms with Crippen molar-refractivity contribution in [1.82, 2.24) is 4.57 Å². The third kappa shape index (κ3) is 5.79. The molecule has 0 bridgehead atoms. The van der Waals surface area contributed by atoms with Gasteiger partial charge in [-0.15, -0.1) is 34.9 Å². The van der Waals surface area contributed by atoms with Crippen LogP contribution in [0.3, 0.4) is 0 Å². The average molecular weight is 612 g/mol. The van der Waals surface area contributed by atoms with Crippen molar-refractivity contribution >= 4 is 32.4 Å². The number of allylic oxidation sites excluding steroid dienone is 4. The van der Waals surface area contributed by atoms with E-state index in [1.807, 2.05) is 0 Å². The Morgan fingerprint density at radius 3 is 2.21 bits per heavy atom. The zero-order valence-corrected chi connectivity index (χ0v) is 25.3. The van der Waals surface area contributed by atoms with E-state index in [0.29, 0.717) is 0 Å². The molecule has 0 aliphatic heterocycles. The van der Waals surface area contributed by atoms with Gasteiger partial charge in [0.25, 0.3) is 0 Å². The number of benzene rings is 4. The van der Waals surface area contributed by atoms with E-state index in [-0.39, 0.29) is 51.0 Å². The Bertz CT molecular complexity index is 1750. The SMILES string of the molecule is CC1=[C-]CC=C1.Cc1cc2c(-c3cccc4ccccc34)cc(-n3ccc4ccccc43)cc2[cH-]1.[Cl-].[Cl-].[Zr+4]. The first-order chi connectivity index (χ1) is 17.2. The molecular weight excluding hydrogens is 585 g/mol. The molecule has 0 amide bonds. The number of halogens is 2. The minimum absolute atomic E-state index is 0. The monoisotopic (exact) mass is 609 g/mol. The van der Waals surface area contributed by atoms with E-state index >= 15 is 0 Å². The topological polar surface area (TPSA) is 4.93 Å². The number of hydrogen-bond donors (Lipinski definition) is 0. The molecule has 1 aliphatic rings. The molecule has 1 aliphatic carbocycles. The first kappa shape index (κ1) is 29.8. The number of nitrogens with zero attached hydrogens (tertiary/aromatic N) is 1. The number of aryl methyl sites for hydroxylation is 1. The maximum atomic E-state index is 3.12. The van der Waals surface area contributed by atoms with Crippen LogP contribution in [0.1, 0.15) is 18.9 Å². The number of aromatic nitrogens is 1. The summed E-state index contributed by atoms with van der Waals surface area (Å²) < 4.78 is 2.30. The van der Waals surface area contributed by atoms with E-state index in [9.17, 15) is 0 Å². The van der Waals surface area contributed by atoms with Crippen molar-refractivity contribution in [2.75, 3.05) is 0 Å². The number of rotatable bonds is 2. The molecule has 186 valence electrons. The predicted octanol–water partition coefficient (Wildman–Crippen LogP) is 3.33. The Labute approximate surface area is 256 Å². The molecule has 0 N–H and O–H groups in total. The smallest absolute Gasteiger partial charge is 1.00 e.